The molecular formula is C11H9BrN2O3. The minimum atomic E-state index is -0.455. The summed E-state index contributed by atoms with van der Waals surface area (Å²) in [5.74, 6) is 0.440. The van der Waals surface area contributed by atoms with E-state index in [0.29, 0.717) is 16.7 Å². The van der Waals surface area contributed by atoms with Crippen LogP contribution in [0.25, 0.3) is 10.9 Å². The Morgan fingerprint density at radius 1 is 1.41 bits per heavy atom. The second-order valence-corrected chi connectivity index (χ2v) is 4.40. The number of hydrogen-bond donors (Lipinski definition) is 0. The van der Waals surface area contributed by atoms with Gasteiger partial charge in [0.1, 0.15) is 11.3 Å². The summed E-state index contributed by atoms with van der Waals surface area (Å²) < 4.78 is 5.81. The first-order valence-electron chi connectivity index (χ1n) is 4.82. The Labute approximate surface area is 106 Å². The average molecular weight is 297 g/mol. The van der Waals surface area contributed by atoms with Crippen LogP contribution in [-0.4, -0.2) is 17.0 Å². The van der Waals surface area contributed by atoms with Gasteiger partial charge in [-0.15, -0.1) is 0 Å². The Balaban J connectivity index is 2.90. The van der Waals surface area contributed by atoms with Gasteiger partial charge >= 0.3 is 0 Å². The topological polar surface area (TPSA) is 65.3 Å². The van der Waals surface area contributed by atoms with E-state index >= 15 is 0 Å². The molecular weight excluding hydrogens is 288 g/mol. The molecule has 0 unspecified atom stereocenters. The fraction of sp³-hybridized carbons (Fsp3) is 0.182. The van der Waals surface area contributed by atoms with Crippen molar-refractivity contribution in [3.63, 3.8) is 0 Å². The van der Waals surface area contributed by atoms with E-state index in [0.717, 1.165) is 10.2 Å². The molecule has 0 bridgehead atoms. The number of pyridine rings is 1. The summed E-state index contributed by atoms with van der Waals surface area (Å²) in [5, 5.41) is 11.7. The maximum absolute atomic E-state index is 11.0. The van der Waals surface area contributed by atoms with Crippen LogP contribution in [0.3, 0.4) is 0 Å². The lowest BCUT2D eigenvalue weighted by Gasteiger charge is -2.06. The summed E-state index contributed by atoms with van der Waals surface area (Å²) in [4.78, 5) is 14.8. The molecule has 6 heteroatoms. The van der Waals surface area contributed by atoms with Gasteiger partial charge in [-0.25, -0.2) is 4.98 Å². The number of halogens is 1. The Morgan fingerprint density at radius 2 is 2.12 bits per heavy atom. The van der Waals surface area contributed by atoms with Crippen molar-refractivity contribution in [2.45, 2.75) is 6.92 Å². The van der Waals surface area contributed by atoms with Crippen molar-refractivity contribution in [2.75, 3.05) is 7.11 Å². The number of nitrogens with zero attached hydrogens (tertiary/aromatic N) is 2. The summed E-state index contributed by atoms with van der Waals surface area (Å²) in [6.07, 6.45) is 0. The monoisotopic (exact) mass is 296 g/mol. The minimum Gasteiger partial charge on any atom is -0.496 e. The number of non-ortho nitro benzene ring substituents is 1. The average Bonchev–Trinajstić information content (AvgIpc) is 2.27. The first-order valence-corrected chi connectivity index (χ1v) is 5.61. The minimum absolute atomic E-state index is 0.0521. The Bertz CT molecular complexity index is 613. The lowest BCUT2D eigenvalue weighted by molar-refractivity contribution is -0.383. The van der Waals surface area contributed by atoms with Crippen LogP contribution in [0.4, 0.5) is 5.69 Å². The van der Waals surface area contributed by atoms with Gasteiger partial charge in [0.15, 0.2) is 0 Å². The van der Waals surface area contributed by atoms with E-state index in [1.54, 1.807) is 13.0 Å². The van der Waals surface area contributed by atoms with E-state index in [9.17, 15) is 10.1 Å². The van der Waals surface area contributed by atoms with Crippen molar-refractivity contribution >= 4 is 32.5 Å². The standard InChI is InChI=1S/C11H9BrN2O3/c1-6-3-9(12)8-4-7(17-2)5-10(14(15)16)11(8)13-6/h3-5H,1-2H3. The van der Waals surface area contributed by atoms with Crippen LogP contribution in [-0.2, 0) is 0 Å². The van der Waals surface area contributed by atoms with Crippen LogP contribution in [0.5, 0.6) is 5.75 Å². The van der Waals surface area contributed by atoms with Gasteiger partial charge in [0.2, 0.25) is 0 Å². The molecule has 0 N–H and O–H groups in total. The number of fused-ring (bicyclic) bond motifs is 1. The maximum atomic E-state index is 11.0. The van der Waals surface area contributed by atoms with Gasteiger partial charge < -0.3 is 4.74 Å². The maximum Gasteiger partial charge on any atom is 0.299 e. The second kappa shape index (κ2) is 4.29. The van der Waals surface area contributed by atoms with E-state index in [1.165, 1.54) is 13.2 Å². The van der Waals surface area contributed by atoms with Crippen molar-refractivity contribution in [3.05, 3.63) is 38.5 Å². The molecule has 0 atom stereocenters. The zero-order valence-corrected chi connectivity index (χ0v) is 10.8. The first kappa shape index (κ1) is 11.8. The van der Waals surface area contributed by atoms with Crippen LogP contribution in [0.1, 0.15) is 5.69 Å². The number of aromatic nitrogens is 1. The molecule has 17 heavy (non-hydrogen) atoms. The Morgan fingerprint density at radius 3 is 2.71 bits per heavy atom. The highest BCUT2D eigenvalue weighted by molar-refractivity contribution is 9.10. The van der Waals surface area contributed by atoms with Crippen molar-refractivity contribution in [1.82, 2.24) is 4.98 Å². The zero-order chi connectivity index (χ0) is 12.6. The number of nitro benzene ring substituents is 1. The molecule has 0 saturated heterocycles. The van der Waals surface area contributed by atoms with Gasteiger partial charge in [-0.1, -0.05) is 15.9 Å². The molecule has 1 aromatic heterocycles. The molecule has 1 heterocycles. The van der Waals surface area contributed by atoms with E-state index in [2.05, 4.69) is 20.9 Å². The van der Waals surface area contributed by atoms with Gasteiger partial charge in [0, 0.05) is 15.6 Å². The summed E-state index contributed by atoms with van der Waals surface area (Å²) in [6.45, 7) is 1.79. The highest BCUT2D eigenvalue weighted by atomic mass is 79.9. The predicted octanol–water partition coefficient (Wildman–Crippen LogP) is 3.22. The number of methoxy groups -OCH3 is 1. The van der Waals surface area contributed by atoms with Crippen LogP contribution in [0.2, 0.25) is 0 Å². The van der Waals surface area contributed by atoms with Crippen LogP contribution >= 0.6 is 15.9 Å². The Hall–Kier alpha value is -1.69. The zero-order valence-electron chi connectivity index (χ0n) is 9.23. The fourth-order valence-corrected chi connectivity index (χ4v) is 2.25. The summed E-state index contributed by atoms with van der Waals surface area (Å²) in [5.41, 5.74) is 1.03. The van der Waals surface area contributed by atoms with Crippen molar-refractivity contribution in [1.29, 1.82) is 0 Å². The normalized spacial score (nSPS) is 10.5. The number of ether oxygens (including phenoxy) is 1. The summed E-state index contributed by atoms with van der Waals surface area (Å²) in [7, 11) is 1.47. The number of nitro groups is 1. The first-order chi connectivity index (χ1) is 8.02. The molecule has 2 aromatic rings. The van der Waals surface area contributed by atoms with Gasteiger partial charge in [0.25, 0.3) is 5.69 Å². The second-order valence-electron chi connectivity index (χ2n) is 3.55. The molecule has 0 aliphatic rings. The molecule has 1 aromatic carbocycles. The third-order valence-electron chi connectivity index (χ3n) is 2.38. The number of benzene rings is 1. The SMILES string of the molecule is COc1cc([N+](=O)[O-])c2nc(C)cc(Br)c2c1. The van der Waals surface area contributed by atoms with Crippen LogP contribution < -0.4 is 4.74 Å². The van der Waals surface area contributed by atoms with Crippen LogP contribution in [0.15, 0.2) is 22.7 Å². The summed E-state index contributed by atoms with van der Waals surface area (Å²) >= 11 is 3.38. The van der Waals surface area contributed by atoms with Crippen molar-refractivity contribution < 1.29 is 9.66 Å². The molecule has 5 nitrogen and oxygen atoms in total. The largest absolute Gasteiger partial charge is 0.496 e. The third kappa shape index (κ3) is 2.08. The highest BCUT2D eigenvalue weighted by Gasteiger charge is 2.17. The molecule has 0 spiro atoms. The smallest absolute Gasteiger partial charge is 0.299 e. The molecule has 88 valence electrons. The fourth-order valence-electron chi connectivity index (χ4n) is 1.62. The van der Waals surface area contributed by atoms with E-state index in [-0.39, 0.29) is 5.69 Å². The van der Waals surface area contributed by atoms with E-state index in [1.807, 2.05) is 6.07 Å². The lowest BCUT2D eigenvalue weighted by atomic mass is 10.1. The van der Waals surface area contributed by atoms with Crippen LogP contribution in [0, 0.1) is 17.0 Å². The van der Waals surface area contributed by atoms with Crippen molar-refractivity contribution in [3.8, 4) is 5.75 Å². The molecule has 0 aliphatic carbocycles. The molecule has 0 saturated carbocycles. The van der Waals surface area contributed by atoms with E-state index < -0.39 is 4.92 Å². The van der Waals surface area contributed by atoms with Gasteiger partial charge in [-0.05, 0) is 19.1 Å². The number of aryl methyl sites for hydroxylation is 1. The third-order valence-corrected chi connectivity index (χ3v) is 3.03. The molecule has 0 amide bonds. The summed E-state index contributed by atoms with van der Waals surface area (Å²) in [6, 6.07) is 4.91. The number of rotatable bonds is 2. The van der Waals surface area contributed by atoms with Gasteiger partial charge in [0.05, 0.1) is 18.1 Å². The highest BCUT2D eigenvalue weighted by Crippen LogP contribution is 2.34. The van der Waals surface area contributed by atoms with Crippen molar-refractivity contribution in [2.24, 2.45) is 0 Å². The predicted molar refractivity (Wildman–Crippen MR) is 67.4 cm³/mol. The quantitative estimate of drug-likeness (QED) is 0.630. The number of hydrogen-bond acceptors (Lipinski definition) is 4. The van der Waals surface area contributed by atoms with Gasteiger partial charge in [-0.3, -0.25) is 10.1 Å². The lowest BCUT2D eigenvalue weighted by Crippen LogP contribution is -1.95. The Kier molecular flexibility index (Phi) is 2.97. The molecule has 0 radical (unpaired) electrons. The van der Waals surface area contributed by atoms with E-state index in [4.69, 9.17) is 4.74 Å². The molecule has 2 rings (SSSR count). The molecule has 0 aliphatic heterocycles. The van der Waals surface area contributed by atoms with Gasteiger partial charge in [-0.2, -0.15) is 0 Å². The molecule has 0 fully saturated rings.